The van der Waals surface area contributed by atoms with Crippen molar-refractivity contribution in [1.29, 1.82) is 0 Å². The van der Waals surface area contributed by atoms with Crippen molar-refractivity contribution < 1.29 is 0 Å². The maximum Gasteiger partial charge on any atom is -0.0348 e. The van der Waals surface area contributed by atoms with Crippen molar-refractivity contribution in [3.05, 3.63) is 31.2 Å². The zero-order valence-corrected chi connectivity index (χ0v) is 7.55. The van der Waals surface area contributed by atoms with E-state index in [2.05, 4.69) is 38.2 Å². The second-order valence-electron chi connectivity index (χ2n) is 2.57. The second kappa shape index (κ2) is 9.48. The van der Waals surface area contributed by atoms with Gasteiger partial charge in [0.2, 0.25) is 0 Å². The summed E-state index contributed by atoms with van der Waals surface area (Å²) in [5.74, 6) is 0. The number of unbranched alkanes of at least 4 members (excludes halogenated alkanes) is 2. The monoisotopic (exact) mass is 151 g/mol. The fourth-order valence-electron chi connectivity index (χ4n) is 0.874. The molecule has 0 aliphatic heterocycles. The van der Waals surface area contributed by atoms with E-state index in [0.717, 1.165) is 12.8 Å². The van der Waals surface area contributed by atoms with Gasteiger partial charge in [-0.15, -0.1) is 0 Å². The third kappa shape index (κ3) is 9.48. The van der Waals surface area contributed by atoms with Crippen LogP contribution in [0.15, 0.2) is 24.3 Å². The number of rotatable bonds is 6. The third-order valence-corrected chi connectivity index (χ3v) is 1.48. The summed E-state index contributed by atoms with van der Waals surface area (Å²) in [6.07, 6.45) is 14.6. The first-order valence-corrected chi connectivity index (χ1v) is 4.51. The average molecular weight is 151 g/mol. The lowest BCUT2D eigenvalue weighted by atomic mass is 10.2. The van der Waals surface area contributed by atoms with Gasteiger partial charge in [0.15, 0.2) is 0 Å². The lowest BCUT2D eigenvalue weighted by Crippen LogP contribution is -1.68. The van der Waals surface area contributed by atoms with Crippen LogP contribution in [0.3, 0.4) is 0 Å². The molecule has 0 heterocycles. The Hall–Kier alpha value is -0.520. The van der Waals surface area contributed by atoms with E-state index in [-0.39, 0.29) is 0 Å². The van der Waals surface area contributed by atoms with Gasteiger partial charge in [-0.25, -0.2) is 0 Å². The molecule has 63 valence electrons. The quantitative estimate of drug-likeness (QED) is 0.399. The molecule has 0 saturated heterocycles. The molecule has 0 bridgehead atoms. The van der Waals surface area contributed by atoms with Gasteiger partial charge in [-0.1, -0.05) is 31.2 Å². The Balaban J connectivity index is 3.02. The minimum absolute atomic E-state index is 0.921. The molecule has 0 heteroatoms. The first kappa shape index (κ1) is 10.5. The molecule has 0 rings (SSSR count). The molecule has 0 unspecified atom stereocenters. The molecular formula is C11H19. The topological polar surface area (TPSA) is 0 Å². The normalized spacial score (nSPS) is 11.8. The highest BCUT2D eigenvalue weighted by Crippen LogP contribution is 1.98. The first-order valence-electron chi connectivity index (χ1n) is 4.51. The maximum atomic E-state index is 3.73. The van der Waals surface area contributed by atoms with Crippen LogP contribution in [0, 0.1) is 6.92 Å². The number of hydrogen-bond acceptors (Lipinski definition) is 0. The predicted molar refractivity (Wildman–Crippen MR) is 52.4 cm³/mol. The minimum atomic E-state index is 0.921. The van der Waals surface area contributed by atoms with Gasteiger partial charge in [-0.05, 0) is 39.0 Å². The molecule has 0 atom stereocenters. The van der Waals surface area contributed by atoms with Gasteiger partial charge in [0.05, 0.1) is 0 Å². The summed E-state index contributed by atoms with van der Waals surface area (Å²) in [6, 6.07) is 0. The lowest BCUT2D eigenvalue weighted by molar-refractivity contribution is 0.863. The Morgan fingerprint density at radius 3 is 2.18 bits per heavy atom. The highest BCUT2D eigenvalue weighted by molar-refractivity contribution is 4.85. The molecule has 0 aromatic carbocycles. The highest BCUT2D eigenvalue weighted by Gasteiger charge is 1.78. The highest BCUT2D eigenvalue weighted by atomic mass is 13.8. The molecule has 0 saturated carbocycles. The summed E-state index contributed by atoms with van der Waals surface area (Å²) in [7, 11) is 0. The molecule has 1 radical (unpaired) electrons. The molecule has 0 aliphatic carbocycles. The van der Waals surface area contributed by atoms with Crippen molar-refractivity contribution in [2.75, 3.05) is 0 Å². The van der Waals surface area contributed by atoms with Gasteiger partial charge in [0, 0.05) is 0 Å². The van der Waals surface area contributed by atoms with E-state index in [1.54, 1.807) is 0 Å². The van der Waals surface area contributed by atoms with E-state index in [0.29, 0.717) is 0 Å². The van der Waals surface area contributed by atoms with Crippen LogP contribution in [0.2, 0.25) is 0 Å². The third-order valence-electron chi connectivity index (χ3n) is 1.48. The molecule has 0 aromatic heterocycles. The Bertz CT molecular complexity index is 95.2. The molecule has 0 N–H and O–H groups in total. The molecule has 0 fully saturated rings. The Morgan fingerprint density at radius 1 is 1.00 bits per heavy atom. The molecule has 0 spiro atoms. The van der Waals surface area contributed by atoms with Crippen molar-refractivity contribution in [3.63, 3.8) is 0 Å². The molecule has 0 aliphatic rings. The zero-order chi connectivity index (χ0) is 8.36. The summed E-state index contributed by atoms with van der Waals surface area (Å²) < 4.78 is 0. The zero-order valence-electron chi connectivity index (χ0n) is 7.55. The lowest BCUT2D eigenvalue weighted by Gasteiger charge is -1.88. The average Bonchev–Trinajstić information content (AvgIpc) is 2.03. The van der Waals surface area contributed by atoms with E-state index in [4.69, 9.17) is 0 Å². The Labute approximate surface area is 71.0 Å². The van der Waals surface area contributed by atoms with E-state index >= 15 is 0 Å². The smallest absolute Gasteiger partial charge is 0.0348 e. The number of allylic oxidation sites excluding steroid dienone is 4. The van der Waals surface area contributed by atoms with Gasteiger partial charge in [0.1, 0.15) is 0 Å². The fraction of sp³-hybridized carbons (Fsp3) is 0.545. The van der Waals surface area contributed by atoms with E-state index in [1.807, 2.05) is 0 Å². The summed E-state index contributed by atoms with van der Waals surface area (Å²) in [4.78, 5) is 0. The van der Waals surface area contributed by atoms with Crippen LogP contribution in [-0.4, -0.2) is 0 Å². The fourth-order valence-corrected chi connectivity index (χ4v) is 0.874. The minimum Gasteiger partial charge on any atom is -0.0888 e. The molecule has 0 amide bonds. The van der Waals surface area contributed by atoms with Gasteiger partial charge >= 0.3 is 0 Å². The summed E-state index contributed by atoms with van der Waals surface area (Å²) in [5, 5.41) is 0. The predicted octanol–water partition coefficient (Wildman–Crippen LogP) is 3.90. The van der Waals surface area contributed by atoms with Crippen molar-refractivity contribution in [1.82, 2.24) is 0 Å². The van der Waals surface area contributed by atoms with Gasteiger partial charge < -0.3 is 0 Å². The van der Waals surface area contributed by atoms with Crippen LogP contribution < -0.4 is 0 Å². The van der Waals surface area contributed by atoms with E-state index < -0.39 is 0 Å². The Morgan fingerprint density at radius 2 is 1.64 bits per heavy atom. The van der Waals surface area contributed by atoms with Crippen molar-refractivity contribution in [2.24, 2.45) is 0 Å². The molecule has 0 aromatic rings. The maximum absolute atomic E-state index is 3.73. The van der Waals surface area contributed by atoms with Gasteiger partial charge in [0.25, 0.3) is 0 Å². The molecular weight excluding hydrogens is 132 g/mol. The Kier molecular flexibility index (Phi) is 9.03. The van der Waals surface area contributed by atoms with Gasteiger partial charge in [-0.3, -0.25) is 0 Å². The molecule has 0 nitrogen and oxygen atoms in total. The van der Waals surface area contributed by atoms with Crippen LogP contribution >= 0.6 is 0 Å². The number of hydrogen-bond donors (Lipinski definition) is 0. The molecule has 11 heavy (non-hydrogen) atoms. The van der Waals surface area contributed by atoms with Crippen LogP contribution in [0.1, 0.15) is 39.0 Å². The van der Waals surface area contributed by atoms with Crippen molar-refractivity contribution >= 4 is 0 Å². The summed E-state index contributed by atoms with van der Waals surface area (Å²) in [6.45, 7) is 5.90. The second-order valence-corrected chi connectivity index (χ2v) is 2.57. The van der Waals surface area contributed by atoms with Crippen LogP contribution in [-0.2, 0) is 0 Å². The van der Waals surface area contributed by atoms with Crippen LogP contribution in [0.5, 0.6) is 0 Å². The SMILES string of the molecule is [CH2]CC=CCCCC=CCC. The van der Waals surface area contributed by atoms with E-state index in [9.17, 15) is 0 Å². The largest absolute Gasteiger partial charge is 0.0888 e. The van der Waals surface area contributed by atoms with Gasteiger partial charge in [-0.2, -0.15) is 0 Å². The summed E-state index contributed by atoms with van der Waals surface area (Å²) in [5.41, 5.74) is 0. The van der Waals surface area contributed by atoms with E-state index in [1.165, 1.54) is 19.3 Å². The van der Waals surface area contributed by atoms with Crippen LogP contribution in [0.4, 0.5) is 0 Å². The van der Waals surface area contributed by atoms with Crippen molar-refractivity contribution in [3.8, 4) is 0 Å². The first-order chi connectivity index (χ1) is 5.41. The van der Waals surface area contributed by atoms with Crippen LogP contribution in [0.25, 0.3) is 0 Å². The summed E-state index contributed by atoms with van der Waals surface area (Å²) >= 11 is 0. The standard InChI is InChI=1S/C11H19/c1-3-5-7-9-11-10-8-6-4-2/h5-8H,1,3-4,9-11H2,2H3. The van der Waals surface area contributed by atoms with Crippen molar-refractivity contribution in [2.45, 2.75) is 39.0 Å².